The third kappa shape index (κ3) is 5.02. The van der Waals surface area contributed by atoms with Gasteiger partial charge in [0.05, 0.1) is 24.8 Å². The number of likely N-dealkylation sites (tertiary alicyclic amines) is 1. The highest BCUT2D eigenvalue weighted by molar-refractivity contribution is 6.31. The van der Waals surface area contributed by atoms with E-state index in [1.54, 1.807) is 14.2 Å². The van der Waals surface area contributed by atoms with Crippen molar-refractivity contribution in [1.29, 1.82) is 0 Å². The highest BCUT2D eigenvalue weighted by atomic mass is 35.5. The standard InChI is InChI=1S/C25H29ClF3N3O3/c1-32-11-10-24(15-4-7-20(34-2)21(12-15)35-3)9-8-17(14-22(24)32)31-23(33)30-16-5-6-19(26)18(13-16)25(27,28)29/h4-7,12-13,17,22H,8-11,14H2,1-3H3,(H2,30,31,33)/t17-,22+,24+/m1/s1. The molecular formula is C25H29ClF3N3O3. The molecule has 2 amide bonds. The number of hydrogen-bond acceptors (Lipinski definition) is 4. The average molecular weight is 512 g/mol. The van der Waals surface area contributed by atoms with E-state index in [4.69, 9.17) is 21.1 Å². The molecule has 2 aromatic rings. The largest absolute Gasteiger partial charge is 0.493 e. The third-order valence-electron chi connectivity index (χ3n) is 7.35. The highest BCUT2D eigenvalue weighted by Gasteiger charge is 2.50. The lowest BCUT2D eigenvalue weighted by atomic mass is 9.65. The molecule has 2 N–H and O–H groups in total. The summed E-state index contributed by atoms with van der Waals surface area (Å²) in [6.07, 6.45) is -1.27. The molecule has 1 heterocycles. The molecule has 1 saturated heterocycles. The smallest absolute Gasteiger partial charge is 0.417 e. The Labute approximate surface area is 207 Å². The number of carbonyl (C=O) groups excluding carboxylic acids is 1. The first kappa shape index (κ1) is 25.4. The second-order valence-corrected chi connectivity index (χ2v) is 9.64. The molecule has 3 atom stereocenters. The van der Waals surface area contributed by atoms with Gasteiger partial charge in [-0.25, -0.2) is 4.79 Å². The van der Waals surface area contributed by atoms with E-state index in [0.29, 0.717) is 11.5 Å². The molecule has 2 aromatic carbocycles. The normalized spacial score (nSPS) is 24.5. The minimum Gasteiger partial charge on any atom is -0.493 e. The van der Waals surface area contributed by atoms with Crippen LogP contribution in [0.1, 0.15) is 36.8 Å². The number of halogens is 4. The van der Waals surface area contributed by atoms with Crippen LogP contribution in [0.25, 0.3) is 0 Å². The minimum absolute atomic E-state index is 0.0349. The van der Waals surface area contributed by atoms with Crippen LogP contribution in [0.4, 0.5) is 23.7 Å². The summed E-state index contributed by atoms with van der Waals surface area (Å²) in [4.78, 5) is 14.9. The monoisotopic (exact) mass is 511 g/mol. The lowest BCUT2D eigenvalue weighted by Gasteiger charge is -2.45. The van der Waals surface area contributed by atoms with Crippen LogP contribution in [0.5, 0.6) is 11.5 Å². The van der Waals surface area contributed by atoms with Gasteiger partial charge in [-0.15, -0.1) is 0 Å². The van der Waals surface area contributed by atoms with E-state index in [1.165, 1.54) is 11.6 Å². The number of amides is 2. The van der Waals surface area contributed by atoms with Crippen molar-refractivity contribution in [2.75, 3.05) is 33.1 Å². The molecule has 1 saturated carbocycles. The Morgan fingerprint density at radius 1 is 1.11 bits per heavy atom. The molecule has 2 fully saturated rings. The third-order valence-corrected chi connectivity index (χ3v) is 7.68. The molecule has 2 aliphatic rings. The Bertz CT molecular complexity index is 1100. The van der Waals surface area contributed by atoms with Crippen LogP contribution in [-0.4, -0.2) is 50.8 Å². The predicted molar refractivity (Wildman–Crippen MR) is 129 cm³/mol. The van der Waals surface area contributed by atoms with Crippen LogP contribution in [0, 0.1) is 0 Å². The quantitative estimate of drug-likeness (QED) is 0.541. The van der Waals surface area contributed by atoms with Gasteiger partial charge in [-0.05, 0) is 75.2 Å². The highest BCUT2D eigenvalue weighted by Crippen LogP contribution is 2.50. The molecule has 0 radical (unpaired) electrons. The fourth-order valence-corrected chi connectivity index (χ4v) is 5.79. The van der Waals surface area contributed by atoms with Crippen molar-refractivity contribution in [2.45, 2.75) is 49.4 Å². The van der Waals surface area contributed by atoms with Crippen molar-refractivity contribution in [3.05, 3.63) is 52.5 Å². The maximum Gasteiger partial charge on any atom is 0.417 e. The fourth-order valence-electron chi connectivity index (χ4n) is 5.57. The van der Waals surface area contributed by atoms with Gasteiger partial charge in [0.25, 0.3) is 0 Å². The summed E-state index contributed by atoms with van der Waals surface area (Å²) >= 11 is 5.67. The second kappa shape index (κ2) is 9.78. The zero-order valence-corrected chi connectivity index (χ0v) is 20.6. The van der Waals surface area contributed by atoms with E-state index < -0.39 is 22.8 Å². The Morgan fingerprint density at radius 2 is 1.86 bits per heavy atom. The van der Waals surface area contributed by atoms with E-state index in [-0.39, 0.29) is 23.2 Å². The van der Waals surface area contributed by atoms with Crippen molar-refractivity contribution < 1.29 is 27.4 Å². The number of anilines is 1. The number of hydrogen-bond donors (Lipinski definition) is 2. The summed E-state index contributed by atoms with van der Waals surface area (Å²) in [5.41, 5.74) is 0.170. The number of nitrogens with one attached hydrogen (secondary N) is 2. The summed E-state index contributed by atoms with van der Waals surface area (Å²) < 4.78 is 50.3. The average Bonchev–Trinajstić information content (AvgIpc) is 3.16. The summed E-state index contributed by atoms with van der Waals surface area (Å²) in [7, 11) is 5.31. The van der Waals surface area contributed by atoms with Crippen molar-refractivity contribution >= 4 is 23.3 Å². The zero-order valence-electron chi connectivity index (χ0n) is 19.8. The number of fused-ring (bicyclic) bond motifs is 1. The second-order valence-electron chi connectivity index (χ2n) is 9.23. The van der Waals surface area contributed by atoms with Gasteiger partial charge in [0, 0.05) is 23.2 Å². The van der Waals surface area contributed by atoms with Gasteiger partial charge < -0.3 is 25.0 Å². The molecule has 0 spiro atoms. The number of methoxy groups -OCH3 is 2. The van der Waals surface area contributed by atoms with Crippen LogP contribution in [0.15, 0.2) is 36.4 Å². The van der Waals surface area contributed by atoms with Crippen molar-refractivity contribution in [3.63, 3.8) is 0 Å². The van der Waals surface area contributed by atoms with Crippen LogP contribution >= 0.6 is 11.6 Å². The zero-order chi connectivity index (χ0) is 25.4. The predicted octanol–water partition coefficient (Wildman–Crippen LogP) is 5.69. The molecular weight excluding hydrogens is 483 g/mol. The fraction of sp³-hybridized carbons (Fsp3) is 0.480. The Balaban J connectivity index is 1.47. The Hall–Kier alpha value is -2.65. The molecule has 0 unspecified atom stereocenters. The van der Waals surface area contributed by atoms with Crippen molar-refractivity contribution in [2.24, 2.45) is 0 Å². The SMILES string of the molecule is COc1ccc([C@@]23CC[C@@H](NC(=O)Nc4ccc(Cl)c(C(F)(F)F)c4)C[C@@H]2N(C)CC3)cc1OC. The first-order chi connectivity index (χ1) is 16.6. The summed E-state index contributed by atoms with van der Waals surface area (Å²) in [6, 6.07) is 8.94. The van der Waals surface area contributed by atoms with Crippen LogP contribution in [0.2, 0.25) is 5.02 Å². The van der Waals surface area contributed by atoms with Crippen LogP contribution < -0.4 is 20.1 Å². The van der Waals surface area contributed by atoms with Crippen molar-refractivity contribution in [1.82, 2.24) is 10.2 Å². The number of urea groups is 1. The van der Waals surface area contributed by atoms with E-state index in [9.17, 15) is 18.0 Å². The maximum atomic E-state index is 13.1. The van der Waals surface area contributed by atoms with Crippen LogP contribution in [0.3, 0.4) is 0 Å². The van der Waals surface area contributed by atoms with Gasteiger partial charge in [0.1, 0.15) is 0 Å². The molecule has 0 aromatic heterocycles. The van der Waals surface area contributed by atoms with Crippen LogP contribution in [-0.2, 0) is 11.6 Å². The molecule has 4 rings (SSSR count). The van der Waals surface area contributed by atoms with E-state index in [2.05, 4.69) is 28.6 Å². The number of nitrogens with zero attached hydrogens (tertiary/aromatic N) is 1. The molecule has 1 aliphatic heterocycles. The van der Waals surface area contributed by atoms with Gasteiger partial charge in [-0.3, -0.25) is 0 Å². The molecule has 10 heteroatoms. The molecule has 1 aliphatic carbocycles. The number of ether oxygens (including phenoxy) is 2. The number of alkyl halides is 3. The lowest BCUT2D eigenvalue weighted by molar-refractivity contribution is -0.137. The van der Waals surface area contributed by atoms with Crippen molar-refractivity contribution in [3.8, 4) is 11.5 Å². The number of likely N-dealkylation sites (N-methyl/N-ethyl adjacent to an activating group) is 1. The number of carbonyl (C=O) groups is 1. The van der Waals surface area contributed by atoms with Gasteiger partial charge in [-0.1, -0.05) is 17.7 Å². The minimum atomic E-state index is -4.60. The summed E-state index contributed by atoms with van der Waals surface area (Å²) in [5.74, 6) is 1.37. The summed E-state index contributed by atoms with van der Waals surface area (Å²) in [5, 5.41) is 5.05. The summed E-state index contributed by atoms with van der Waals surface area (Å²) in [6.45, 7) is 0.933. The van der Waals surface area contributed by atoms with Gasteiger partial charge in [0.15, 0.2) is 11.5 Å². The Morgan fingerprint density at radius 3 is 2.54 bits per heavy atom. The Kier molecular flexibility index (Phi) is 7.11. The van der Waals surface area contributed by atoms with Gasteiger partial charge in [-0.2, -0.15) is 13.2 Å². The number of rotatable bonds is 5. The van der Waals surface area contributed by atoms with E-state index in [1.807, 2.05) is 12.1 Å². The molecule has 6 nitrogen and oxygen atoms in total. The van der Waals surface area contributed by atoms with Gasteiger partial charge >= 0.3 is 12.2 Å². The first-order valence-electron chi connectivity index (χ1n) is 11.4. The molecule has 0 bridgehead atoms. The topological polar surface area (TPSA) is 62.8 Å². The molecule has 35 heavy (non-hydrogen) atoms. The van der Waals surface area contributed by atoms with E-state index >= 15 is 0 Å². The lowest BCUT2D eigenvalue weighted by Crippen LogP contribution is -2.52. The molecule has 190 valence electrons. The van der Waals surface area contributed by atoms with Gasteiger partial charge in [0.2, 0.25) is 0 Å². The maximum absolute atomic E-state index is 13.1. The first-order valence-corrected chi connectivity index (χ1v) is 11.8. The number of benzene rings is 2. The van der Waals surface area contributed by atoms with E-state index in [0.717, 1.165) is 44.4 Å².